The van der Waals surface area contributed by atoms with Crippen molar-refractivity contribution in [1.29, 1.82) is 0 Å². The van der Waals surface area contributed by atoms with E-state index in [9.17, 15) is 14.0 Å². The van der Waals surface area contributed by atoms with Gasteiger partial charge in [0.25, 0.3) is 11.8 Å². The Labute approximate surface area is 94.3 Å². The van der Waals surface area contributed by atoms with Gasteiger partial charge in [-0.2, -0.15) is 0 Å². The van der Waals surface area contributed by atoms with Crippen LogP contribution in [0, 0.1) is 0 Å². The van der Waals surface area contributed by atoms with Crippen LogP contribution in [0.15, 0.2) is 24.3 Å². The highest BCUT2D eigenvalue weighted by atomic mass is 35.5. The molecule has 0 aromatic heterocycles. The number of imide groups is 1. The van der Waals surface area contributed by atoms with E-state index in [2.05, 4.69) is 0 Å². The molecule has 0 spiro atoms. The van der Waals surface area contributed by atoms with E-state index < -0.39 is 16.8 Å². The van der Waals surface area contributed by atoms with Gasteiger partial charge in [-0.1, -0.05) is 23.7 Å². The van der Waals surface area contributed by atoms with Gasteiger partial charge in [0.05, 0.1) is 11.1 Å². The lowest BCUT2D eigenvalue weighted by Gasteiger charge is -2.10. The van der Waals surface area contributed by atoms with Gasteiger partial charge in [0.15, 0.2) is 0 Å². The molecular formula is C9H5ClFNO2S. The van der Waals surface area contributed by atoms with E-state index in [1.165, 1.54) is 12.1 Å². The molecule has 1 aromatic rings. The molecule has 3 nitrogen and oxygen atoms in total. The van der Waals surface area contributed by atoms with Crippen molar-refractivity contribution in [2.45, 2.75) is 4.96 Å². The fraction of sp³-hybridized carbons (Fsp3) is 0.111. The Balaban J connectivity index is 2.37. The van der Waals surface area contributed by atoms with E-state index >= 15 is 0 Å². The van der Waals surface area contributed by atoms with Crippen molar-refractivity contribution in [3.05, 3.63) is 35.4 Å². The van der Waals surface area contributed by atoms with Gasteiger partial charge in [-0.05, 0) is 12.1 Å². The van der Waals surface area contributed by atoms with Crippen LogP contribution in [0.4, 0.5) is 4.39 Å². The maximum absolute atomic E-state index is 12.5. The highest BCUT2D eigenvalue weighted by Crippen LogP contribution is 2.31. The Morgan fingerprint density at radius 2 is 1.67 bits per heavy atom. The second kappa shape index (κ2) is 3.83. The minimum Gasteiger partial charge on any atom is -0.268 e. The Bertz CT molecular complexity index is 403. The van der Waals surface area contributed by atoms with E-state index in [1.54, 1.807) is 12.1 Å². The zero-order chi connectivity index (χ0) is 11.0. The van der Waals surface area contributed by atoms with Crippen LogP contribution in [0.3, 0.4) is 0 Å². The summed E-state index contributed by atoms with van der Waals surface area (Å²) in [5.41, 5.74) is 0.569. The van der Waals surface area contributed by atoms with Crippen LogP contribution in [-0.2, 0) is 0 Å². The van der Waals surface area contributed by atoms with Gasteiger partial charge < -0.3 is 0 Å². The van der Waals surface area contributed by atoms with Crippen molar-refractivity contribution in [3.63, 3.8) is 0 Å². The Hall–Kier alpha value is -1.07. The minimum atomic E-state index is -1.81. The van der Waals surface area contributed by atoms with Crippen molar-refractivity contribution in [3.8, 4) is 0 Å². The van der Waals surface area contributed by atoms with Gasteiger partial charge in [-0.15, -0.1) is 0 Å². The minimum absolute atomic E-state index is 0.285. The summed E-state index contributed by atoms with van der Waals surface area (Å²) >= 11 is 5.45. The first kappa shape index (κ1) is 10.4. The predicted octanol–water partition coefficient (Wildman–Crippen LogP) is 2.42. The third kappa shape index (κ3) is 1.72. The van der Waals surface area contributed by atoms with Crippen LogP contribution in [0.5, 0.6) is 0 Å². The number of benzene rings is 1. The fourth-order valence-corrected chi connectivity index (χ4v) is 2.13. The molecule has 15 heavy (non-hydrogen) atoms. The lowest BCUT2D eigenvalue weighted by atomic mass is 10.1. The number of hydrogen-bond acceptors (Lipinski definition) is 3. The summed E-state index contributed by atoms with van der Waals surface area (Å²) in [7, 11) is 0. The van der Waals surface area contributed by atoms with Crippen molar-refractivity contribution < 1.29 is 14.0 Å². The molecule has 0 radical (unpaired) electrons. The average Bonchev–Trinajstić information content (AvgIpc) is 2.44. The molecule has 1 aromatic carbocycles. The van der Waals surface area contributed by atoms with Crippen molar-refractivity contribution in [2.75, 3.05) is 0 Å². The van der Waals surface area contributed by atoms with Crippen LogP contribution in [0.1, 0.15) is 20.7 Å². The smallest absolute Gasteiger partial charge is 0.268 e. The summed E-state index contributed by atoms with van der Waals surface area (Å²) in [6.45, 7) is 0. The maximum atomic E-state index is 12.5. The largest absolute Gasteiger partial charge is 0.271 e. The maximum Gasteiger partial charge on any atom is 0.271 e. The summed E-state index contributed by atoms with van der Waals surface area (Å²) in [4.78, 5) is 21.4. The first-order valence-corrected chi connectivity index (χ1v) is 5.31. The normalized spacial score (nSPS) is 16.8. The van der Waals surface area contributed by atoms with Gasteiger partial charge in [-0.25, -0.2) is 8.70 Å². The Morgan fingerprint density at radius 1 is 1.20 bits per heavy atom. The predicted molar refractivity (Wildman–Crippen MR) is 55.3 cm³/mol. The van der Waals surface area contributed by atoms with Crippen molar-refractivity contribution in [2.24, 2.45) is 0 Å². The first-order valence-electron chi connectivity index (χ1n) is 4.04. The van der Waals surface area contributed by atoms with Gasteiger partial charge in [-0.3, -0.25) is 9.59 Å². The summed E-state index contributed by atoms with van der Waals surface area (Å²) in [5.74, 6) is -1.05. The highest BCUT2D eigenvalue weighted by Gasteiger charge is 2.37. The molecule has 6 heteroatoms. The molecule has 0 fully saturated rings. The molecule has 0 saturated carbocycles. The molecule has 1 unspecified atom stereocenters. The molecule has 2 amide bonds. The summed E-state index contributed by atoms with van der Waals surface area (Å²) in [5, 5.41) is 0. The van der Waals surface area contributed by atoms with E-state index in [4.69, 9.17) is 11.6 Å². The van der Waals surface area contributed by atoms with Gasteiger partial charge in [0.1, 0.15) is 0 Å². The number of hydrogen-bond donors (Lipinski definition) is 0. The second-order valence-electron chi connectivity index (χ2n) is 2.82. The number of carbonyl (C=O) groups excluding carboxylic acids is 2. The fourth-order valence-electron chi connectivity index (χ4n) is 1.34. The quantitative estimate of drug-likeness (QED) is 0.456. The summed E-state index contributed by atoms with van der Waals surface area (Å²) < 4.78 is 13.2. The van der Waals surface area contributed by atoms with Gasteiger partial charge >= 0.3 is 0 Å². The number of nitrogens with zero attached hydrogens (tertiary/aromatic N) is 1. The molecule has 1 aliphatic rings. The lowest BCUT2D eigenvalue weighted by Crippen LogP contribution is -2.23. The zero-order valence-electron chi connectivity index (χ0n) is 7.31. The van der Waals surface area contributed by atoms with E-state index in [1.807, 2.05) is 0 Å². The van der Waals surface area contributed by atoms with Crippen LogP contribution in [0.25, 0.3) is 0 Å². The van der Waals surface area contributed by atoms with Crippen molar-refractivity contribution >= 4 is 35.4 Å². The third-order valence-corrected chi connectivity index (χ3v) is 2.88. The topological polar surface area (TPSA) is 37.4 Å². The summed E-state index contributed by atoms with van der Waals surface area (Å²) in [6.07, 6.45) is 0. The first-order chi connectivity index (χ1) is 7.11. The van der Waals surface area contributed by atoms with Crippen molar-refractivity contribution in [1.82, 2.24) is 4.31 Å². The number of alkyl halides is 2. The van der Waals surface area contributed by atoms with Crippen LogP contribution in [-0.4, -0.2) is 21.1 Å². The standard InChI is InChI=1S/C9H5ClFNO2S/c10-9(11)15-12-7(13)5-3-1-2-4-6(5)8(12)14/h1-4,9H. The molecule has 78 valence electrons. The van der Waals surface area contributed by atoms with Gasteiger partial charge in [0, 0.05) is 11.9 Å². The van der Waals surface area contributed by atoms with Gasteiger partial charge in [0.2, 0.25) is 4.96 Å². The number of halogens is 2. The Kier molecular flexibility index (Phi) is 2.67. The molecule has 2 rings (SSSR count). The Morgan fingerprint density at radius 3 is 2.07 bits per heavy atom. The SMILES string of the molecule is O=C1c2ccccc2C(=O)N1SC(F)Cl. The number of rotatable bonds is 2. The molecule has 0 saturated heterocycles. The zero-order valence-corrected chi connectivity index (χ0v) is 8.89. The lowest BCUT2D eigenvalue weighted by molar-refractivity contribution is 0.0775. The molecule has 1 heterocycles. The van der Waals surface area contributed by atoms with E-state index in [0.717, 1.165) is 4.31 Å². The van der Waals surface area contributed by atoms with Crippen LogP contribution >= 0.6 is 23.5 Å². The number of fused-ring (bicyclic) bond motifs is 1. The molecule has 1 aliphatic heterocycles. The van der Waals surface area contributed by atoms with Crippen LogP contribution < -0.4 is 0 Å². The van der Waals surface area contributed by atoms with Crippen LogP contribution in [0.2, 0.25) is 0 Å². The van der Waals surface area contributed by atoms with E-state index in [-0.39, 0.29) is 11.1 Å². The van der Waals surface area contributed by atoms with E-state index in [0.29, 0.717) is 11.9 Å². The molecule has 1 atom stereocenters. The highest BCUT2D eigenvalue weighted by molar-refractivity contribution is 7.99. The number of carbonyl (C=O) groups is 2. The number of amides is 2. The third-order valence-electron chi connectivity index (χ3n) is 1.94. The molecular weight excluding hydrogens is 241 g/mol. The molecule has 0 bridgehead atoms. The molecule has 0 aliphatic carbocycles. The monoisotopic (exact) mass is 245 g/mol. The molecule has 0 N–H and O–H groups in total. The second-order valence-corrected chi connectivity index (χ2v) is 4.45. The average molecular weight is 246 g/mol. The summed E-state index contributed by atoms with van der Waals surface area (Å²) in [6, 6.07) is 6.34.